The summed E-state index contributed by atoms with van der Waals surface area (Å²) < 4.78 is 0. The van der Waals surface area contributed by atoms with Crippen LogP contribution in [-0.2, 0) is 0 Å². The maximum absolute atomic E-state index is 4.32. The fourth-order valence-corrected chi connectivity index (χ4v) is 1.16. The Balaban J connectivity index is 2.48. The quantitative estimate of drug-likeness (QED) is 0.409. The van der Waals surface area contributed by atoms with Gasteiger partial charge in [-0.15, -0.1) is 9.24 Å². The highest BCUT2D eigenvalue weighted by Crippen LogP contribution is 1.95. The molecule has 1 aromatic rings. The molecular formula is C10H15N2P. The van der Waals surface area contributed by atoms with E-state index in [4.69, 9.17) is 0 Å². The molecule has 1 atom stereocenters. The monoisotopic (exact) mass is 194 g/mol. The highest BCUT2D eigenvalue weighted by Gasteiger charge is 1.88. The Morgan fingerprint density at radius 1 is 1.54 bits per heavy atom. The summed E-state index contributed by atoms with van der Waals surface area (Å²) in [6, 6.07) is 5.95. The van der Waals surface area contributed by atoms with E-state index in [0.29, 0.717) is 0 Å². The maximum atomic E-state index is 4.32. The predicted octanol–water partition coefficient (Wildman–Crippen LogP) is 2.07. The summed E-state index contributed by atoms with van der Waals surface area (Å²) >= 11 is 0. The molecule has 3 heteroatoms. The van der Waals surface area contributed by atoms with Crippen LogP contribution in [0.15, 0.2) is 23.2 Å². The van der Waals surface area contributed by atoms with Crippen LogP contribution in [0, 0.1) is 6.92 Å². The molecule has 0 saturated carbocycles. The first kappa shape index (κ1) is 10.3. The van der Waals surface area contributed by atoms with E-state index in [2.05, 4.69) is 19.2 Å². The summed E-state index contributed by atoms with van der Waals surface area (Å²) in [5.41, 5.74) is 1.98. The summed E-state index contributed by atoms with van der Waals surface area (Å²) in [5.74, 6) is 0. The number of nitrogens with zero attached hydrogens (tertiary/aromatic N) is 2. The molecule has 1 rings (SSSR count). The van der Waals surface area contributed by atoms with E-state index < -0.39 is 0 Å². The Morgan fingerprint density at radius 3 is 3.08 bits per heavy atom. The molecule has 13 heavy (non-hydrogen) atoms. The minimum atomic E-state index is 0.888. The molecule has 2 nitrogen and oxygen atoms in total. The zero-order chi connectivity index (χ0) is 9.52. The minimum absolute atomic E-state index is 0.888. The van der Waals surface area contributed by atoms with Crippen LogP contribution in [0.2, 0.25) is 0 Å². The van der Waals surface area contributed by atoms with E-state index in [9.17, 15) is 0 Å². The molecule has 0 aliphatic rings. The summed E-state index contributed by atoms with van der Waals surface area (Å²) in [5, 5.41) is 0. The van der Waals surface area contributed by atoms with Gasteiger partial charge < -0.3 is 0 Å². The first-order valence-corrected chi connectivity index (χ1v) is 5.28. The molecular weight excluding hydrogens is 179 g/mol. The third-order valence-electron chi connectivity index (χ3n) is 1.62. The minimum Gasteiger partial charge on any atom is -0.291 e. The van der Waals surface area contributed by atoms with E-state index in [0.717, 1.165) is 30.5 Å². The summed E-state index contributed by atoms with van der Waals surface area (Å²) in [7, 11) is 2.70. The number of aliphatic imine (C=N–C) groups is 1. The number of pyridine rings is 1. The van der Waals surface area contributed by atoms with Crippen molar-refractivity contribution < 1.29 is 0 Å². The van der Waals surface area contributed by atoms with Crippen LogP contribution in [0.3, 0.4) is 0 Å². The van der Waals surface area contributed by atoms with E-state index in [-0.39, 0.29) is 0 Å². The second kappa shape index (κ2) is 5.82. The Kier molecular flexibility index (Phi) is 4.63. The van der Waals surface area contributed by atoms with Crippen LogP contribution >= 0.6 is 9.24 Å². The van der Waals surface area contributed by atoms with E-state index in [1.807, 2.05) is 31.3 Å². The van der Waals surface area contributed by atoms with Crippen LogP contribution in [0.5, 0.6) is 0 Å². The van der Waals surface area contributed by atoms with Gasteiger partial charge in [0.2, 0.25) is 0 Å². The fraction of sp³-hybridized carbons (Fsp3) is 0.400. The lowest BCUT2D eigenvalue weighted by atomic mass is 10.3. The van der Waals surface area contributed by atoms with Gasteiger partial charge in [-0.3, -0.25) is 9.98 Å². The highest BCUT2D eigenvalue weighted by molar-refractivity contribution is 7.16. The maximum Gasteiger partial charge on any atom is 0.0811 e. The van der Waals surface area contributed by atoms with Crippen molar-refractivity contribution in [3.05, 3.63) is 29.6 Å². The highest BCUT2D eigenvalue weighted by atomic mass is 31.0. The van der Waals surface area contributed by atoms with E-state index in [1.54, 1.807) is 0 Å². The summed E-state index contributed by atoms with van der Waals surface area (Å²) in [6.07, 6.45) is 4.07. The molecule has 0 N–H and O–H groups in total. The van der Waals surface area contributed by atoms with Crippen molar-refractivity contribution in [3.63, 3.8) is 0 Å². The smallest absolute Gasteiger partial charge is 0.0811 e. The van der Waals surface area contributed by atoms with Gasteiger partial charge in [0, 0.05) is 18.5 Å². The molecule has 0 aromatic carbocycles. The fourth-order valence-electron chi connectivity index (χ4n) is 0.977. The molecule has 1 heterocycles. The zero-order valence-electron chi connectivity index (χ0n) is 7.90. The molecule has 0 saturated heterocycles. The Morgan fingerprint density at radius 2 is 2.38 bits per heavy atom. The van der Waals surface area contributed by atoms with Crippen LogP contribution < -0.4 is 0 Å². The van der Waals surface area contributed by atoms with Gasteiger partial charge in [0.25, 0.3) is 0 Å². The van der Waals surface area contributed by atoms with Crippen LogP contribution in [0.1, 0.15) is 17.8 Å². The molecule has 0 amide bonds. The van der Waals surface area contributed by atoms with E-state index >= 15 is 0 Å². The number of aryl methyl sites for hydroxylation is 1. The molecule has 70 valence electrons. The Labute approximate surface area is 81.7 Å². The topological polar surface area (TPSA) is 25.2 Å². The normalized spacial score (nSPS) is 10.9. The third kappa shape index (κ3) is 4.14. The average molecular weight is 194 g/mol. The van der Waals surface area contributed by atoms with Crippen LogP contribution in [0.4, 0.5) is 0 Å². The predicted molar refractivity (Wildman–Crippen MR) is 60.6 cm³/mol. The molecule has 0 aliphatic carbocycles. The van der Waals surface area contributed by atoms with Crippen molar-refractivity contribution in [1.82, 2.24) is 4.98 Å². The van der Waals surface area contributed by atoms with Gasteiger partial charge >= 0.3 is 0 Å². The average Bonchev–Trinajstić information content (AvgIpc) is 2.13. The van der Waals surface area contributed by atoms with Gasteiger partial charge in [-0.1, -0.05) is 6.07 Å². The zero-order valence-corrected chi connectivity index (χ0v) is 9.06. The molecule has 1 unspecified atom stereocenters. The lowest BCUT2D eigenvalue weighted by Crippen LogP contribution is -1.90. The van der Waals surface area contributed by atoms with Crippen molar-refractivity contribution in [1.29, 1.82) is 0 Å². The molecule has 0 bridgehead atoms. The van der Waals surface area contributed by atoms with Crippen molar-refractivity contribution in [2.24, 2.45) is 4.99 Å². The van der Waals surface area contributed by atoms with Gasteiger partial charge in [0.15, 0.2) is 0 Å². The van der Waals surface area contributed by atoms with Crippen molar-refractivity contribution >= 4 is 15.5 Å². The number of rotatable bonds is 4. The lowest BCUT2D eigenvalue weighted by Gasteiger charge is -1.94. The van der Waals surface area contributed by atoms with Gasteiger partial charge in [-0.25, -0.2) is 0 Å². The van der Waals surface area contributed by atoms with Gasteiger partial charge in [0.05, 0.1) is 5.69 Å². The summed E-state index contributed by atoms with van der Waals surface area (Å²) in [6.45, 7) is 2.87. The largest absolute Gasteiger partial charge is 0.291 e. The van der Waals surface area contributed by atoms with Crippen LogP contribution in [-0.4, -0.2) is 23.9 Å². The Bertz CT molecular complexity index is 284. The number of hydrogen-bond acceptors (Lipinski definition) is 2. The van der Waals surface area contributed by atoms with Crippen molar-refractivity contribution in [3.8, 4) is 0 Å². The number of hydrogen-bond donors (Lipinski definition) is 0. The lowest BCUT2D eigenvalue weighted by molar-refractivity contribution is 0.947. The SMILES string of the molecule is Cc1cccc(C=NCCCP)n1. The first-order valence-electron chi connectivity index (χ1n) is 4.46. The van der Waals surface area contributed by atoms with Gasteiger partial charge in [-0.05, 0) is 31.6 Å². The molecule has 1 aromatic heterocycles. The van der Waals surface area contributed by atoms with Crippen molar-refractivity contribution in [2.75, 3.05) is 12.7 Å². The van der Waals surface area contributed by atoms with Crippen molar-refractivity contribution in [2.45, 2.75) is 13.3 Å². The second-order valence-corrected chi connectivity index (χ2v) is 3.46. The second-order valence-electron chi connectivity index (χ2n) is 2.88. The first-order chi connectivity index (χ1) is 6.33. The van der Waals surface area contributed by atoms with Crippen LogP contribution in [0.25, 0.3) is 0 Å². The molecule has 0 aliphatic heterocycles. The van der Waals surface area contributed by atoms with Gasteiger partial charge in [0.1, 0.15) is 0 Å². The third-order valence-corrected chi connectivity index (χ3v) is 2.03. The number of aromatic nitrogens is 1. The van der Waals surface area contributed by atoms with Gasteiger partial charge in [-0.2, -0.15) is 0 Å². The van der Waals surface area contributed by atoms with E-state index in [1.165, 1.54) is 0 Å². The molecule has 0 radical (unpaired) electrons. The molecule has 0 fully saturated rings. The summed E-state index contributed by atoms with van der Waals surface area (Å²) in [4.78, 5) is 8.59. The standard InChI is InChI=1S/C10H15N2P/c1-9-4-2-5-10(12-9)8-11-6-3-7-13/h2,4-5,8H,3,6-7,13H2,1H3. The molecule has 0 spiro atoms. The Hall–Kier alpha value is -0.750.